The molecule has 0 aliphatic heterocycles. The maximum Gasteiger partial charge on any atom is 0.264 e. The van der Waals surface area contributed by atoms with Crippen LogP contribution in [0.3, 0.4) is 0 Å². The Morgan fingerprint density at radius 3 is 2.14 bits per heavy atom. The Bertz CT molecular complexity index is 1650. The fraction of sp³-hybridized carbons (Fsp3) is 0.188. The van der Waals surface area contributed by atoms with Crippen LogP contribution in [0.2, 0.25) is 5.02 Å². The number of nitrogens with one attached hydrogen (secondary N) is 1. The van der Waals surface area contributed by atoms with Crippen molar-refractivity contribution in [2.24, 2.45) is 0 Å². The maximum absolute atomic E-state index is 14.9. The number of carbonyl (C=O) groups excluding carboxylic acids is 2. The number of benzene rings is 4. The minimum Gasteiger partial charge on any atom is -0.357 e. The number of likely N-dealkylation sites (N-methyl/N-ethyl adjacent to an activating group) is 1. The second kappa shape index (κ2) is 13.6. The van der Waals surface area contributed by atoms with Gasteiger partial charge in [-0.25, -0.2) is 12.8 Å². The van der Waals surface area contributed by atoms with E-state index in [1.807, 2.05) is 30.3 Å². The molecule has 7 nitrogen and oxygen atoms in total. The van der Waals surface area contributed by atoms with Crippen molar-refractivity contribution >= 4 is 39.1 Å². The van der Waals surface area contributed by atoms with E-state index in [-0.39, 0.29) is 23.4 Å². The minimum absolute atomic E-state index is 0.0595. The SMILES string of the molecule is CNC(=O)[C@@H](Cc1ccccc1)N(Cc1ccccc1F)C(=O)CN(c1ccccc1C)S(=O)(=O)c1ccc(Cl)cc1. The zero-order valence-corrected chi connectivity index (χ0v) is 24.8. The average molecular weight is 608 g/mol. The van der Waals surface area contributed by atoms with Gasteiger partial charge in [-0.2, -0.15) is 0 Å². The van der Waals surface area contributed by atoms with Crippen molar-refractivity contribution in [2.75, 3.05) is 17.9 Å². The summed E-state index contributed by atoms with van der Waals surface area (Å²) in [5.74, 6) is -1.69. The van der Waals surface area contributed by atoms with Gasteiger partial charge in [0.05, 0.1) is 10.6 Å². The molecule has 0 saturated heterocycles. The zero-order valence-electron chi connectivity index (χ0n) is 23.2. The summed E-state index contributed by atoms with van der Waals surface area (Å²) in [7, 11) is -2.81. The number of hydrogen-bond donors (Lipinski definition) is 1. The fourth-order valence-corrected chi connectivity index (χ4v) is 6.23. The van der Waals surface area contributed by atoms with E-state index in [0.29, 0.717) is 16.3 Å². The third kappa shape index (κ3) is 7.16. The summed E-state index contributed by atoms with van der Waals surface area (Å²) < 4.78 is 43.9. The number of para-hydroxylation sites is 1. The van der Waals surface area contributed by atoms with Crippen LogP contribution in [0, 0.1) is 12.7 Å². The molecule has 0 spiro atoms. The summed E-state index contributed by atoms with van der Waals surface area (Å²) in [6.07, 6.45) is 0.134. The molecule has 4 aromatic rings. The lowest BCUT2D eigenvalue weighted by molar-refractivity contribution is -0.139. The van der Waals surface area contributed by atoms with Gasteiger partial charge in [-0.1, -0.05) is 78.3 Å². The van der Waals surface area contributed by atoms with E-state index in [4.69, 9.17) is 11.6 Å². The molecule has 0 heterocycles. The molecule has 0 fully saturated rings. The predicted molar refractivity (Wildman–Crippen MR) is 162 cm³/mol. The molecule has 1 atom stereocenters. The molecule has 0 aliphatic rings. The zero-order chi connectivity index (χ0) is 30.3. The number of hydrogen-bond acceptors (Lipinski definition) is 4. The Labute approximate surface area is 250 Å². The highest BCUT2D eigenvalue weighted by Crippen LogP contribution is 2.28. The Kier molecular flexibility index (Phi) is 9.98. The van der Waals surface area contributed by atoms with Gasteiger partial charge in [-0.05, 0) is 54.4 Å². The molecular formula is C32H31ClFN3O4S. The quantitative estimate of drug-likeness (QED) is 0.248. The largest absolute Gasteiger partial charge is 0.357 e. The van der Waals surface area contributed by atoms with E-state index in [0.717, 1.165) is 9.87 Å². The molecule has 0 unspecified atom stereocenters. The van der Waals surface area contributed by atoms with Gasteiger partial charge in [0.25, 0.3) is 10.0 Å². The van der Waals surface area contributed by atoms with Crippen LogP contribution in [0.4, 0.5) is 10.1 Å². The Hall–Kier alpha value is -4.21. The predicted octanol–water partition coefficient (Wildman–Crippen LogP) is 5.37. The molecule has 218 valence electrons. The van der Waals surface area contributed by atoms with Crippen LogP contribution in [0.1, 0.15) is 16.7 Å². The lowest BCUT2D eigenvalue weighted by Gasteiger charge is -2.34. The standard InChI is InChI=1S/C32H31ClFN3O4S/c1-23-10-6-9-15-29(23)37(42(40,41)27-18-16-26(33)17-19-27)22-31(38)36(21-25-13-7-8-14-28(25)34)30(32(39)35-2)20-24-11-4-3-5-12-24/h3-19,30H,20-22H2,1-2H3,(H,35,39)/t30-/m1/s1. The lowest BCUT2D eigenvalue weighted by Crippen LogP contribution is -2.53. The fourth-order valence-electron chi connectivity index (χ4n) is 4.62. The molecule has 1 N–H and O–H groups in total. The smallest absolute Gasteiger partial charge is 0.264 e. The lowest BCUT2D eigenvalue weighted by atomic mass is 10.0. The van der Waals surface area contributed by atoms with Gasteiger partial charge < -0.3 is 10.2 Å². The first-order chi connectivity index (χ1) is 20.1. The molecule has 0 aliphatic carbocycles. The second-order valence-electron chi connectivity index (χ2n) is 9.68. The molecule has 0 aromatic heterocycles. The average Bonchev–Trinajstić information content (AvgIpc) is 2.99. The molecule has 4 rings (SSSR count). The summed E-state index contributed by atoms with van der Waals surface area (Å²) >= 11 is 6.01. The highest BCUT2D eigenvalue weighted by Gasteiger charge is 2.35. The van der Waals surface area contributed by atoms with Gasteiger partial charge in [-0.15, -0.1) is 0 Å². The van der Waals surface area contributed by atoms with E-state index in [1.165, 1.54) is 54.4 Å². The molecule has 4 aromatic carbocycles. The van der Waals surface area contributed by atoms with Crippen molar-refractivity contribution in [3.63, 3.8) is 0 Å². The van der Waals surface area contributed by atoms with Crippen LogP contribution in [-0.2, 0) is 32.6 Å². The highest BCUT2D eigenvalue weighted by atomic mass is 35.5. The highest BCUT2D eigenvalue weighted by molar-refractivity contribution is 7.92. The Morgan fingerprint density at radius 1 is 0.881 bits per heavy atom. The number of sulfonamides is 1. The van der Waals surface area contributed by atoms with Crippen LogP contribution in [-0.4, -0.2) is 44.8 Å². The Morgan fingerprint density at radius 2 is 1.50 bits per heavy atom. The van der Waals surface area contributed by atoms with Crippen LogP contribution in [0.15, 0.2) is 108 Å². The summed E-state index contributed by atoms with van der Waals surface area (Å²) in [5.41, 5.74) is 1.89. The van der Waals surface area contributed by atoms with Crippen LogP contribution >= 0.6 is 11.6 Å². The molecule has 0 saturated carbocycles. The maximum atomic E-state index is 14.9. The van der Waals surface area contributed by atoms with Gasteiger partial charge >= 0.3 is 0 Å². The first-order valence-electron chi connectivity index (χ1n) is 13.2. The van der Waals surface area contributed by atoms with Crippen molar-refractivity contribution in [1.82, 2.24) is 10.2 Å². The van der Waals surface area contributed by atoms with Gasteiger partial charge in [0.2, 0.25) is 11.8 Å². The van der Waals surface area contributed by atoms with Gasteiger partial charge in [0.1, 0.15) is 18.4 Å². The van der Waals surface area contributed by atoms with E-state index in [1.54, 1.807) is 37.3 Å². The molecule has 10 heteroatoms. The second-order valence-corrected chi connectivity index (χ2v) is 12.0. The number of aryl methyl sites for hydroxylation is 1. The molecule has 0 radical (unpaired) electrons. The summed E-state index contributed by atoms with van der Waals surface area (Å²) in [6.45, 7) is 0.857. The number of amides is 2. The number of halogens is 2. The topological polar surface area (TPSA) is 86.8 Å². The van der Waals surface area contributed by atoms with Crippen molar-refractivity contribution in [2.45, 2.75) is 30.8 Å². The first kappa shape index (κ1) is 30.7. The van der Waals surface area contributed by atoms with Gasteiger partial charge in [0, 0.05) is 30.6 Å². The van der Waals surface area contributed by atoms with Crippen molar-refractivity contribution in [1.29, 1.82) is 0 Å². The number of carbonyl (C=O) groups is 2. The monoisotopic (exact) mass is 607 g/mol. The first-order valence-corrected chi connectivity index (χ1v) is 15.1. The summed E-state index contributed by atoms with van der Waals surface area (Å²) in [6, 6.07) is 26.5. The van der Waals surface area contributed by atoms with Gasteiger partial charge in [-0.3, -0.25) is 13.9 Å². The summed E-state index contributed by atoms with van der Waals surface area (Å²) in [5, 5.41) is 2.96. The number of rotatable bonds is 11. The van der Waals surface area contributed by atoms with E-state index in [2.05, 4.69) is 5.32 Å². The van der Waals surface area contributed by atoms with Crippen LogP contribution in [0.5, 0.6) is 0 Å². The Balaban J connectivity index is 1.80. The summed E-state index contributed by atoms with van der Waals surface area (Å²) in [4.78, 5) is 28.7. The molecule has 2 amide bonds. The molecule has 0 bridgehead atoms. The van der Waals surface area contributed by atoms with Crippen molar-refractivity contribution in [3.8, 4) is 0 Å². The van der Waals surface area contributed by atoms with E-state index < -0.39 is 40.2 Å². The third-order valence-corrected chi connectivity index (χ3v) is 8.91. The number of anilines is 1. The normalized spacial score (nSPS) is 11.9. The van der Waals surface area contributed by atoms with Crippen LogP contribution < -0.4 is 9.62 Å². The van der Waals surface area contributed by atoms with E-state index >= 15 is 0 Å². The molecule has 42 heavy (non-hydrogen) atoms. The third-order valence-electron chi connectivity index (χ3n) is 6.88. The van der Waals surface area contributed by atoms with Crippen molar-refractivity contribution in [3.05, 3.63) is 131 Å². The van der Waals surface area contributed by atoms with Crippen LogP contribution in [0.25, 0.3) is 0 Å². The van der Waals surface area contributed by atoms with Crippen molar-refractivity contribution < 1.29 is 22.4 Å². The minimum atomic E-state index is -4.26. The van der Waals surface area contributed by atoms with E-state index in [9.17, 15) is 22.4 Å². The molecular weight excluding hydrogens is 577 g/mol. The number of nitrogens with zero attached hydrogens (tertiary/aromatic N) is 2. The van der Waals surface area contributed by atoms with Gasteiger partial charge in [0.15, 0.2) is 0 Å².